The molecule has 0 aromatic rings. The fourth-order valence-electron chi connectivity index (χ4n) is 0.730. The molecule has 68 valence electrons. The van der Waals surface area contributed by atoms with Gasteiger partial charge in [-0.3, -0.25) is 4.79 Å². The molecule has 1 saturated carbocycles. The average molecular weight is 194 g/mol. The van der Waals surface area contributed by atoms with E-state index in [2.05, 4.69) is 4.74 Å². The van der Waals surface area contributed by atoms with Crippen LogP contribution in [0.15, 0.2) is 0 Å². The van der Waals surface area contributed by atoms with Gasteiger partial charge in [0.1, 0.15) is 0 Å². The van der Waals surface area contributed by atoms with Crippen LogP contribution in [0.4, 0.5) is 0 Å². The van der Waals surface area contributed by atoms with E-state index in [-0.39, 0.29) is 6.61 Å². The third kappa shape index (κ3) is 2.27. The highest BCUT2D eigenvalue weighted by molar-refractivity contribution is 7.80. The summed E-state index contributed by atoms with van der Waals surface area (Å²) in [5.41, 5.74) is 0. The first-order valence-corrected chi connectivity index (χ1v) is 3.88. The molecule has 2 nitrogen and oxygen atoms in total. The zero-order valence-corrected chi connectivity index (χ0v) is 7.33. The maximum atomic E-state index is 11.8. The largest absolute Gasteiger partial charge is 0.466 e. The molecule has 1 unspecified atom stereocenters. The van der Waals surface area contributed by atoms with Crippen LogP contribution in [0.3, 0.4) is 0 Å². The minimum absolute atomic E-state index is 0.104. The Bertz CT molecular complexity index is 447. The second-order valence-corrected chi connectivity index (χ2v) is 2.51. The molecule has 0 N–H and O–H groups in total. The number of esters is 1. The summed E-state index contributed by atoms with van der Waals surface area (Å²) in [7, 11) is 0. The predicted octanol–water partition coefficient (Wildman–Crippen LogP) is 2.11. The molecule has 0 aromatic heterocycles. The number of hydrogen-bond donors (Lipinski definition) is 0. The topological polar surface area (TPSA) is 26.3 Å². The second-order valence-electron chi connectivity index (χ2n) is 2.07. The number of rotatable bonds is 2. The van der Waals surface area contributed by atoms with E-state index >= 15 is 0 Å². The summed E-state index contributed by atoms with van der Waals surface area (Å²) in [6.07, 6.45) is -12.5. The minimum atomic E-state index is -3.26. The van der Waals surface area contributed by atoms with Crippen molar-refractivity contribution in [2.75, 3.05) is 6.61 Å². The van der Waals surface area contributed by atoms with Crippen LogP contribution in [0.2, 0.25) is 0 Å². The number of carbonyl (C=O) groups is 1. The van der Waals surface area contributed by atoms with Crippen LogP contribution < -0.4 is 0 Å². The maximum absolute atomic E-state index is 11.8. The fraction of sp³-hybridized carbons (Fsp3) is 0.778. The van der Waals surface area contributed by atoms with Crippen LogP contribution in [0, 0.1) is 5.92 Å². The van der Waals surface area contributed by atoms with E-state index in [0.29, 0.717) is 0 Å². The lowest BCUT2D eigenvalue weighted by atomic mass is 9.89. The van der Waals surface area contributed by atoms with Gasteiger partial charge in [-0.15, -0.1) is 0 Å². The predicted molar refractivity (Wildman–Crippen MR) is 51.2 cm³/mol. The van der Waals surface area contributed by atoms with E-state index in [1.54, 1.807) is 0 Å². The van der Waals surface area contributed by atoms with Gasteiger partial charge in [0.15, 0.2) is 0 Å². The normalized spacial score (nSPS) is 50.4. The molecule has 1 rings (SSSR count). The Morgan fingerprint density at radius 3 is 3.25 bits per heavy atom. The standard InChI is InChI=1S/C9H14O2S/c1-2-11-9(10)7-5-3-4-6-8(7)12/h7H,2-6H2,1H3/i3D2,4D2,5D2,6D2. The first-order chi connectivity index (χ1) is 8.76. The van der Waals surface area contributed by atoms with Gasteiger partial charge < -0.3 is 4.74 Å². The van der Waals surface area contributed by atoms with Crippen LogP contribution in [-0.2, 0) is 9.53 Å². The number of carbonyl (C=O) groups excluding carboxylic acids is 1. The smallest absolute Gasteiger partial charge is 0.313 e. The molecule has 0 amide bonds. The number of hydrogen-bond acceptors (Lipinski definition) is 3. The highest BCUT2D eigenvalue weighted by Crippen LogP contribution is 2.22. The summed E-state index contributed by atoms with van der Waals surface area (Å²) in [5, 5.41) is 0. The molecule has 0 saturated heterocycles. The maximum Gasteiger partial charge on any atom is 0.313 e. The van der Waals surface area contributed by atoms with Gasteiger partial charge in [-0.1, -0.05) is 18.6 Å². The Morgan fingerprint density at radius 2 is 2.58 bits per heavy atom. The van der Waals surface area contributed by atoms with Crippen molar-refractivity contribution in [1.29, 1.82) is 0 Å². The van der Waals surface area contributed by atoms with E-state index < -0.39 is 42.2 Å². The van der Waals surface area contributed by atoms with Crippen molar-refractivity contribution in [2.24, 2.45) is 5.92 Å². The van der Waals surface area contributed by atoms with Crippen LogP contribution in [-0.4, -0.2) is 17.4 Å². The molecule has 0 aliphatic heterocycles. The molecule has 12 heavy (non-hydrogen) atoms. The quantitative estimate of drug-likeness (QED) is 0.497. The molecule has 0 aromatic carbocycles. The van der Waals surface area contributed by atoms with Crippen molar-refractivity contribution in [2.45, 2.75) is 32.4 Å². The van der Waals surface area contributed by atoms with E-state index in [9.17, 15) is 4.79 Å². The lowest BCUT2D eigenvalue weighted by Crippen LogP contribution is -2.27. The van der Waals surface area contributed by atoms with Gasteiger partial charge in [0.05, 0.1) is 12.5 Å². The van der Waals surface area contributed by atoms with E-state index in [0.717, 1.165) is 0 Å². The van der Waals surface area contributed by atoms with E-state index in [1.165, 1.54) is 6.92 Å². The Kier molecular flexibility index (Phi) is 1.28. The van der Waals surface area contributed by atoms with Crippen LogP contribution in [0.1, 0.15) is 43.4 Å². The lowest BCUT2D eigenvalue weighted by Gasteiger charge is -2.20. The first-order valence-electron chi connectivity index (χ1n) is 7.47. The molecule has 1 aliphatic rings. The molecule has 0 spiro atoms. The highest BCUT2D eigenvalue weighted by atomic mass is 32.1. The molecular formula is C9H14O2S. The molecule has 1 fully saturated rings. The Labute approximate surface area is 89.5 Å². The van der Waals surface area contributed by atoms with Crippen LogP contribution in [0.25, 0.3) is 0 Å². The molecule has 1 atom stereocenters. The van der Waals surface area contributed by atoms with Crippen molar-refractivity contribution in [3.8, 4) is 0 Å². The Morgan fingerprint density at radius 1 is 1.83 bits per heavy atom. The molecule has 0 bridgehead atoms. The molecular weight excluding hydrogens is 172 g/mol. The average Bonchev–Trinajstić information content (AvgIpc) is 2.26. The van der Waals surface area contributed by atoms with Crippen molar-refractivity contribution >= 4 is 23.1 Å². The highest BCUT2D eigenvalue weighted by Gasteiger charge is 2.26. The molecule has 0 heterocycles. The third-order valence-corrected chi connectivity index (χ3v) is 1.59. The Hall–Kier alpha value is -0.440. The second kappa shape index (κ2) is 4.55. The summed E-state index contributed by atoms with van der Waals surface area (Å²) < 4.78 is 65.9. The minimum Gasteiger partial charge on any atom is -0.466 e. The molecule has 3 heteroatoms. The summed E-state index contributed by atoms with van der Waals surface area (Å²) in [6, 6.07) is 0. The summed E-state index contributed by atoms with van der Waals surface area (Å²) in [6.45, 7) is 1.36. The van der Waals surface area contributed by atoms with Crippen molar-refractivity contribution in [3.05, 3.63) is 0 Å². The van der Waals surface area contributed by atoms with Gasteiger partial charge in [0.25, 0.3) is 0 Å². The molecule has 0 radical (unpaired) electrons. The van der Waals surface area contributed by atoms with Crippen molar-refractivity contribution < 1.29 is 20.5 Å². The van der Waals surface area contributed by atoms with Gasteiger partial charge in [-0.2, -0.15) is 0 Å². The Balaban J connectivity index is 3.49. The van der Waals surface area contributed by atoms with E-state index in [1.807, 2.05) is 0 Å². The van der Waals surface area contributed by atoms with Crippen molar-refractivity contribution in [3.63, 3.8) is 0 Å². The SMILES string of the molecule is [2H]C1([2H])C(=S)C(C(=O)OCC)C([2H])([2H])C([2H])([2H])C1([2H])[2H]. The summed E-state index contributed by atoms with van der Waals surface area (Å²) in [4.78, 5) is 11.0. The number of thiocarbonyl (C=S) groups is 1. The van der Waals surface area contributed by atoms with Gasteiger partial charge in [0.2, 0.25) is 0 Å². The lowest BCUT2D eigenvalue weighted by molar-refractivity contribution is -0.145. The fourth-order valence-corrected chi connectivity index (χ4v) is 0.937. The third-order valence-electron chi connectivity index (χ3n) is 1.25. The summed E-state index contributed by atoms with van der Waals surface area (Å²) >= 11 is 4.73. The first kappa shape index (κ1) is 3.37. The van der Waals surface area contributed by atoms with Crippen LogP contribution >= 0.6 is 12.2 Å². The van der Waals surface area contributed by atoms with Gasteiger partial charge in [-0.25, -0.2) is 0 Å². The number of ether oxygens (including phenoxy) is 1. The zero-order chi connectivity index (χ0) is 16.1. The molecule has 1 aliphatic carbocycles. The van der Waals surface area contributed by atoms with Gasteiger partial charge in [-0.05, 0) is 26.0 Å². The zero-order valence-electron chi connectivity index (χ0n) is 14.5. The van der Waals surface area contributed by atoms with Crippen LogP contribution in [0.5, 0.6) is 0 Å². The van der Waals surface area contributed by atoms with Gasteiger partial charge in [0, 0.05) is 15.8 Å². The van der Waals surface area contributed by atoms with Crippen molar-refractivity contribution in [1.82, 2.24) is 0 Å². The summed E-state index contributed by atoms with van der Waals surface area (Å²) in [5.74, 6) is -3.17. The van der Waals surface area contributed by atoms with Gasteiger partial charge >= 0.3 is 5.97 Å². The van der Waals surface area contributed by atoms with E-state index in [4.69, 9.17) is 23.2 Å². The monoisotopic (exact) mass is 194 g/mol.